The first-order valence-corrected chi connectivity index (χ1v) is 8.72. The van der Waals surface area contributed by atoms with Crippen molar-refractivity contribution in [2.24, 2.45) is 0 Å². The normalized spacial score (nSPS) is 10.7. The van der Waals surface area contributed by atoms with E-state index in [1.54, 1.807) is 11.3 Å². The number of aryl methyl sites for hydroxylation is 1. The summed E-state index contributed by atoms with van der Waals surface area (Å²) in [5.41, 5.74) is 4.12. The lowest BCUT2D eigenvalue weighted by molar-refractivity contribution is -0.124. The average molecular weight is 345 g/mol. The third-order valence-electron chi connectivity index (χ3n) is 3.77. The molecule has 2 amide bonds. The van der Waals surface area contributed by atoms with E-state index in [1.807, 2.05) is 55.4 Å². The van der Waals surface area contributed by atoms with Gasteiger partial charge in [0.1, 0.15) is 0 Å². The molecule has 6 heteroatoms. The van der Waals surface area contributed by atoms with Gasteiger partial charge in [0.2, 0.25) is 11.8 Å². The second-order valence-electron chi connectivity index (χ2n) is 5.88. The van der Waals surface area contributed by atoms with Crippen molar-refractivity contribution in [2.45, 2.75) is 20.4 Å². The van der Waals surface area contributed by atoms with Gasteiger partial charge in [0.05, 0.1) is 13.1 Å². The van der Waals surface area contributed by atoms with Crippen LogP contribution in [0.1, 0.15) is 16.7 Å². The minimum Gasteiger partial charge on any atom is -0.346 e. The van der Waals surface area contributed by atoms with Crippen LogP contribution in [0.25, 0.3) is 0 Å². The maximum Gasteiger partial charge on any atom is 0.243 e. The monoisotopic (exact) mass is 345 g/mol. The predicted molar refractivity (Wildman–Crippen MR) is 98.2 cm³/mol. The topological polar surface area (TPSA) is 61.4 Å². The van der Waals surface area contributed by atoms with Crippen molar-refractivity contribution >= 4 is 28.8 Å². The van der Waals surface area contributed by atoms with Crippen molar-refractivity contribution in [1.82, 2.24) is 10.2 Å². The number of carbonyl (C=O) groups is 2. The Bertz CT molecular complexity index is 698. The van der Waals surface area contributed by atoms with E-state index in [4.69, 9.17) is 0 Å². The summed E-state index contributed by atoms with van der Waals surface area (Å²) in [6.07, 6.45) is 0. The smallest absolute Gasteiger partial charge is 0.243 e. The Balaban J connectivity index is 1.74. The Labute approximate surface area is 146 Å². The number of hydrogen-bond donors (Lipinski definition) is 2. The van der Waals surface area contributed by atoms with E-state index in [2.05, 4.69) is 16.0 Å². The van der Waals surface area contributed by atoms with Gasteiger partial charge < -0.3 is 10.6 Å². The molecular formula is C18H23N3O2S. The Hall–Kier alpha value is -2.18. The summed E-state index contributed by atoms with van der Waals surface area (Å²) in [5, 5.41) is 9.56. The molecule has 128 valence electrons. The van der Waals surface area contributed by atoms with Crippen molar-refractivity contribution in [1.29, 1.82) is 0 Å². The van der Waals surface area contributed by atoms with Crippen molar-refractivity contribution in [2.75, 3.05) is 25.5 Å². The number of amides is 2. The number of hydrogen-bond acceptors (Lipinski definition) is 4. The van der Waals surface area contributed by atoms with Gasteiger partial charge in [-0.3, -0.25) is 14.5 Å². The number of nitrogens with zero attached hydrogens (tertiary/aromatic N) is 1. The van der Waals surface area contributed by atoms with Gasteiger partial charge in [-0.05, 0) is 60.5 Å². The lowest BCUT2D eigenvalue weighted by Gasteiger charge is -2.15. The van der Waals surface area contributed by atoms with E-state index >= 15 is 0 Å². The average Bonchev–Trinajstić information content (AvgIpc) is 3.02. The minimum absolute atomic E-state index is 0.0293. The SMILES string of the molecule is Cc1cccc(NC(=O)CNC(=O)CN(C)Cc2ccsc2)c1C. The molecule has 2 rings (SSSR count). The first-order chi connectivity index (χ1) is 11.5. The number of nitrogens with one attached hydrogen (secondary N) is 2. The van der Waals surface area contributed by atoms with Crippen LogP contribution >= 0.6 is 11.3 Å². The number of anilines is 1. The molecule has 0 atom stereocenters. The summed E-state index contributed by atoms with van der Waals surface area (Å²) >= 11 is 1.64. The molecule has 1 heterocycles. The molecule has 2 aromatic rings. The minimum atomic E-state index is -0.225. The molecule has 0 bridgehead atoms. The molecule has 24 heavy (non-hydrogen) atoms. The van der Waals surface area contributed by atoms with Crippen LogP contribution in [0.5, 0.6) is 0 Å². The zero-order valence-corrected chi connectivity index (χ0v) is 15.1. The Morgan fingerprint density at radius 3 is 2.67 bits per heavy atom. The molecule has 0 unspecified atom stereocenters. The molecule has 0 aliphatic carbocycles. The van der Waals surface area contributed by atoms with Gasteiger partial charge in [-0.1, -0.05) is 12.1 Å². The van der Waals surface area contributed by atoms with Gasteiger partial charge in [-0.25, -0.2) is 0 Å². The number of likely N-dealkylation sites (N-methyl/N-ethyl adjacent to an activating group) is 1. The van der Waals surface area contributed by atoms with E-state index in [0.717, 1.165) is 16.8 Å². The van der Waals surface area contributed by atoms with Crippen LogP contribution in [0.3, 0.4) is 0 Å². The van der Waals surface area contributed by atoms with E-state index in [-0.39, 0.29) is 24.9 Å². The first-order valence-electron chi connectivity index (χ1n) is 7.78. The van der Waals surface area contributed by atoms with E-state index < -0.39 is 0 Å². The molecule has 0 aliphatic heterocycles. The van der Waals surface area contributed by atoms with E-state index in [0.29, 0.717) is 6.54 Å². The summed E-state index contributed by atoms with van der Waals surface area (Å²) in [4.78, 5) is 25.8. The van der Waals surface area contributed by atoms with Crippen molar-refractivity contribution in [3.8, 4) is 0 Å². The fourth-order valence-corrected chi connectivity index (χ4v) is 2.97. The summed E-state index contributed by atoms with van der Waals surface area (Å²) in [5.74, 6) is -0.388. The highest BCUT2D eigenvalue weighted by atomic mass is 32.1. The molecule has 2 N–H and O–H groups in total. The summed E-state index contributed by atoms with van der Waals surface area (Å²) in [6.45, 7) is 4.90. The van der Waals surface area contributed by atoms with Gasteiger partial charge in [0.25, 0.3) is 0 Å². The molecule has 0 aliphatic rings. The van der Waals surface area contributed by atoms with Crippen LogP contribution in [0.4, 0.5) is 5.69 Å². The largest absolute Gasteiger partial charge is 0.346 e. The number of rotatable bonds is 7. The van der Waals surface area contributed by atoms with Gasteiger partial charge >= 0.3 is 0 Å². The van der Waals surface area contributed by atoms with Crippen LogP contribution in [0.15, 0.2) is 35.0 Å². The second-order valence-corrected chi connectivity index (χ2v) is 6.66. The molecule has 0 radical (unpaired) electrons. The highest BCUT2D eigenvalue weighted by Gasteiger charge is 2.10. The maximum absolute atomic E-state index is 12.0. The Morgan fingerprint density at radius 2 is 1.96 bits per heavy atom. The van der Waals surface area contributed by atoms with Gasteiger partial charge in [0.15, 0.2) is 0 Å². The van der Waals surface area contributed by atoms with Gasteiger partial charge in [-0.15, -0.1) is 0 Å². The molecule has 0 saturated carbocycles. The lowest BCUT2D eigenvalue weighted by atomic mass is 10.1. The van der Waals surface area contributed by atoms with Crippen LogP contribution in [0, 0.1) is 13.8 Å². The molecule has 0 saturated heterocycles. The highest BCUT2D eigenvalue weighted by Crippen LogP contribution is 2.17. The van der Waals surface area contributed by atoms with Crippen LogP contribution < -0.4 is 10.6 Å². The Morgan fingerprint density at radius 1 is 1.17 bits per heavy atom. The molecular weight excluding hydrogens is 322 g/mol. The molecule has 5 nitrogen and oxygen atoms in total. The first kappa shape index (κ1) is 18.2. The zero-order chi connectivity index (χ0) is 17.5. The Kier molecular flexibility index (Phi) is 6.52. The van der Waals surface area contributed by atoms with Crippen molar-refractivity contribution in [3.63, 3.8) is 0 Å². The van der Waals surface area contributed by atoms with Crippen LogP contribution in [0.2, 0.25) is 0 Å². The molecule has 1 aromatic carbocycles. The summed E-state index contributed by atoms with van der Waals surface area (Å²) < 4.78 is 0. The predicted octanol–water partition coefficient (Wildman–Crippen LogP) is 2.55. The van der Waals surface area contributed by atoms with Crippen LogP contribution in [-0.4, -0.2) is 36.9 Å². The summed E-state index contributed by atoms with van der Waals surface area (Å²) in [6, 6.07) is 7.79. The quantitative estimate of drug-likeness (QED) is 0.811. The zero-order valence-electron chi connectivity index (χ0n) is 14.3. The van der Waals surface area contributed by atoms with E-state index in [9.17, 15) is 9.59 Å². The number of carbonyl (C=O) groups excluding carboxylic acids is 2. The fraction of sp³-hybridized carbons (Fsp3) is 0.333. The van der Waals surface area contributed by atoms with E-state index in [1.165, 1.54) is 5.56 Å². The molecule has 1 aromatic heterocycles. The third kappa shape index (κ3) is 5.47. The maximum atomic E-state index is 12.0. The third-order valence-corrected chi connectivity index (χ3v) is 4.50. The van der Waals surface area contributed by atoms with Crippen LogP contribution in [-0.2, 0) is 16.1 Å². The molecule has 0 fully saturated rings. The fourth-order valence-electron chi connectivity index (χ4n) is 2.31. The van der Waals surface area contributed by atoms with Crippen molar-refractivity contribution in [3.05, 3.63) is 51.7 Å². The van der Waals surface area contributed by atoms with Gasteiger partial charge in [0, 0.05) is 12.2 Å². The van der Waals surface area contributed by atoms with Gasteiger partial charge in [-0.2, -0.15) is 11.3 Å². The highest BCUT2D eigenvalue weighted by molar-refractivity contribution is 7.07. The lowest BCUT2D eigenvalue weighted by Crippen LogP contribution is -2.39. The number of thiophene rings is 1. The standard InChI is InChI=1S/C18H23N3O2S/c1-13-5-4-6-16(14(13)2)20-17(22)9-19-18(23)11-21(3)10-15-7-8-24-12-15/h4-8,12H,9-11H2,1-3H3,(H,19,23)(H,20,22). The summed E-state index contributed by atoms with van der Waals surface area (Å²) in [7, 11) is 1.88. The van der Waals surface area contributed by atoms with Crippen molar-refractivity contribution < 1.29 is 9.59 Å². The second kappa shape index (κ2) is 8.61. The molecule has 0 spiro atoms. The number of benzene rings is 1.